The number of ether oxygens (including phenoxy) is 2. The molecule has 0 fully saturated rings. The predicted octanol–water partition coefficient (Wildman–Crippen LogP) is 1.66. The van der Waals surface area contributed by atoms with Gasteiger partial charge in [-0.05, 0) is 41.7 Å². The number of phenolic OH excluding ortho intramolecular Hbond substituents is 1. The number of carboxylic acid groups (broad SMARTS) is 1. The topological polar surface area (TPSA) is 278 Å². The molecule has 20 heteroatoms. The number of hydrogen-bond donors (Lipinski definition) is 9. The summed E-state index contributed by atoms with van der Waals surface area (Å²) in [6.07, 6.45) is -4.45. The van der Waals surface area contributed by atoms with Crippen molar-refractivity contribution in [3.8, 4) is 5.75 Å². The molecule has 0 aliphatic carbocycles. The van der Waals surface area contributed by atoms with Gasteiger partial charge in [0.2, 0.25) is 11.8 Å². The van der Waals surface area contributed by atoms with E-state index in [0.29, 0.717) is 32.8 Å². The maximum Gasteiger partial charge on any atom is 0.490 e. The number of aliphatic carboxylic acids is 1. The molecule has 1 atom stereocenters. The van der Waals surface area contributed by atoms with Gasteiger partial charge in [-0.25, -0.2) is 9.59 Å². The van der Waals surface area contributed by atoms with Crippen LogP contribution in [0.3, 0.4) is 0 Å². The van der Waals surface area contributed by atoms with Crippen molar-refractivity contribution < 1.29 is 52.0 Å². The van der Waals surface area contributed by atoms with Crippen LogP contribution in [0.5, 0.6) is 5.75 Å². The Labute approximate surface area is 326 Å². The van der Waals surface area contributed by atoms with Crippen molar-refractivity contribution >= 4 is 35.7 Å². The van der Waals surface area contributed by atoms with E-state index in [1.165, 1.54) is 12.1 Å². The first-order chi connectivity index (χ1) is 27.2. The van der Waals surface area contributed by atoms with Gasteiger partial charge in [-0.2, -0.15) is 13.2 Å². The molecule has 0 saturated heterocycles. The molecule has 3 rings (SSSR count). The van der Waals surface area contributed by atoms with Crippen LogP contribution in [0.4, 0.5) is 18.0 Å². The van der Waals surface area contributed by atoms with E-state index in [0.717, 1.165) is 16.7 Å². The Balaban J connectivity index is 0.00000146. The van der Waals surface area contributed by atoms with Gasteiger partial charge < -0.3 is 52.8 Å². The number of rotatable bonds is 20. The lowest BCUT2D eigenvalue weighted by atomic mass is 9.90. The summed E-state index contributed by atoms with van der Waals surface area (Å²) in [4.78, 5) is 56.3. The quantitative estimate of drug-likeness (QED) is 0.0450. The largest absolute Gasteiger partial charge is 0.508 e. The summed E-state index contributed by atoms with van der Waals surface area (Å²) in [5, 5.41) is 27.6. The molecule has 0 aliphatic rings. The first-order valence-corrected chi connectivity index (χ1v) is 17.5. The summed E-state index contributed by atoms with van der Waals surface area (Å²) in [6.45, 7) is 2.33. The maximum atomic E-state index is 13.8. The number of aromatic hydroxyl groups is 1. The number of phenols is 1. The van der Waals surface area contributed by atoms with E-state index in [-0.39, 0.29) is 62.1 Å². The fourth-order valence-corrected chi connectivity index (χ4v) is 4.73. The average Bonchev–Trinajstić information content (AvgIpc) is 3.17. The molecule has 57 heavy (non-hydrogen) atoms. The number of benzene rings is 3. The van der Waals surface area contributed by atoms with Crippen LogP contribution in [0.15, 0.2) is 94.9 Å². The van der Waals surface area contributed by atoms with Crippen LogP contribution in [-0.2, 0) is 30.4 Å². The molecule has 3 aromatic carbocycles. The van der Waals surface area contributed by atoms with E-state index in [1.54, 1.807) is 12.1 Å². The van der Waals surface area contributed by atoms with Crippen LogP contribution in [-0.4, -0.2) is 104 Å². The van der Waals surface area contributed by atoms with Gasteiger partial charge in [-0.1, -0.05) is 72.8 Å². The highest BCUT2D eigenvalue weighted by Gasteiger charge is 2.38. The molecule has 17 nitrogen and oxygen atoms in total. The van der Waals surface area contributed by atoms with E-state index in [1.807, 2.05) is 60.7 Å². The van der Waals surface area contributed by atoms with Crippen molar-refractivity contribution in [2.24, 2.45) is 27.2 Å². The number of carbonyl (C=O) groups is 4. The Morgan fingerprint density at radius 3 is 1.84 bits per heavy atom. The molecule has 12 N–H and O–H groups in total. The lowest BCUT2D eigenvalue weighted by molar-refractivity contribution is -0.192. The summed E-state index contributed by atoms with van der Waals surface area (Å²) in [5.74, 6) is -4.06. The fourth-order valence-electron chi connectivity index (χ4n) is 4.73. The zero-order chi connectivity index (χ0) is 42.1. The molecule has 3 aromatic rings. The summed E-state index contributed by atoms with van der Waals surface area (Å²) >= 11 is 0. The van der Waals surface area contributed by atoms with Gasteiger partial charge in [-0.15, -0.1) is 0 Å². The zero-order valence-corrected chi connectivity index (χ0v) is 30.9. The first kappa shape index (κ1) is 46.7. The minimum atomic E-state index is -5.08. The lowest BCUT2D eigenvalue weighted by Gasteiger charge is -2.23. The minimum absolute atomic E-state index is 0.00872. The SMILES string of the molecule is NC(N)=NCCOCCOCCNC(=O)NC(N)=NCCC[C@@H](NC(=O)C(c1ccccc1)c1ccccc1)C(=O)NCc1ccc(O)cc1.O=C(O)C(F)(F)F. The molecule has 0 saturated carbocycles. The molecule has 310 valence electrons. The minimum Gasteiger partial charge on any atom is -0.508 e. The third kappa shape index (κ3) is 20.2. The second kappa shape index (κ2) is 25.6. The van der Waals surface area contributed by atoms with Crippen molar-refractivity contribution in [3.05, 3.63) is 102 Å². The molecule has 0 heterocycles. The molecule has 0 spiro atoms. The van der Waals surface area contributed by atoms with E-state index < -0.39 is 30.1 Å². The van der Waals surface area contributed by atoms with Crippen LogP contribution in [0, 0.1) is 0 Å². The number of nitrogens with one attached hydrogen (secondary N) is 4. The van der Waals surface area contributed by atoms with E-state index in [4.69, 9.17) is 36.6 Å². The monoisotopic (exact) mass is 803 g/mol. The van der Waals surface area contributed by atoms with Crippen molar-refractivity contribution in [1.29, 1.82) is 0 Å². The third-order valence-electron chi connectivity index (χ3n) is 7.42. The van der Waals surface area contributed by atoms with Crippen LogP contribution in [0.1, 0.15) is 35.4 Å². The van der Waals surface area contributed by atoms with Gasteiger partial charge in [-0.3, -0.25) is 24.9 Å². The van der Waals surface area contributed by atoms with Gasteiger partial charge in [0.1, 0.15) is 11.8 Å². The number of alkyl halides is 3. The van der Waals surface area contributed by atoms with Crippen LogP contribution in [0.25, 0.3) is 0 Å². The number of hydrogen-bond acceptors (Lipinski definition) is 9. The van der Waals surface area contributed by atoms with Crippen molar-refractivity contribution in [1.82, 2.24) is 21.3 Å². The molecular formula is C37H48F3N9O8. The van der Waals surface area contributed by atoms with E-state index in [9.17, 15) is 32.7 Å². The molecule has 0 bridgehead atoms. The number of guanidine groups is 2. The van der Waals surface area contributed by atoms with E-state index >= 15 is 0 Å². The summed E-state index contributed by atoms with van der Waals surface area (Å²) in [6, 6.07) is 23.8. The van der Waals surface area contributed by atoms with E-state index in [2.05, 4.69) is 31.3 Å². The van der Waals surface area contributed by atoms with Gasteiger partial charge in [0.25, 0.3) is 0 Å². The molecule has 4 amide bonds. The Morgan fingerprint density at radius 2 is 1.30 bits per heavy atom. The molecule has 0 aromatic heterocycles. The molecule has 0 aliphatic heterocycles. The summed E-state index contributed by atoms with van der Waals surface area (Å²) in [7, 11) is 0. The highest BCUT2D eigenvalue weighted by atomic mass is 19.4. The number of amides is 4. The van der Waals surface area contributed by atoms with Crippen LogP contribution >= 0.6 is 0 Å². The second-order valence-corrected chi connectivity index (χ2v) is 11.8. The average molecular weight is 804 g/mol. The van der Waals surface area contributed by atoms with Gasteiger partial charge >= 0.3 is 18.2 Å². The number of nitrogens with two attached hydrogens (primary N) is 3. The van der Waals surface area contributed by atoms with Crippen LogP contribution in [0.2, 0.25) is 0 Å². The number of aliphatic imine (C=N–C) groups is 2. The highest BCUT2D eigenvalue weighted by molar-refractivity contribution is 5.95. The molecule has 0 radical (unpaired) electrons. The zero-order valence-electron chi connectivity index (χ0n) is 30.9. The number of urea groups is 1. The van der Waals surface area contributed by atoms with Crippen molar-refractivity contribution in [2.75, 3.05) is 46.1 Å². The number of carboxylic acids is 1. The van der Waals surface area contributed by atoms with Gasteiger partial charge in [0.15, 0.2) is 11.9 Å². The Hall–Kier alpha value is -6.41. The number of nitrogens with zero attached hydrogens (tertiary/aromatic N) is 2. The summed E-state index contributed by atoms with van der Waals surface area (Å²) in [5.41, 5.74) is 18.7. The Morgan fingerprint density at radius 1 is 0.737 bits per heavy atom. The molecule has 0 unspecified atom stereocenters. The standard InChI is InChI=1S/C35H47N9O6.C2HF3O2/c36-33(37)39-18-20-49-22-23-50-21-19-41-35(48)44-34(38)40-17-7-12-29(31(46)42-24-25-13-15-28(45)16-14-25)43-32(47)30(26-8-3-1-4-9-26)27-10-5-2-6-11-27;3-2(4,5)1(6)7/h1-6,8-11,13-16,29-30,45H,7,12,17-24H2,(H,42,46)(H,43,47)(H4,36,37,39)(H4,38,40,41,44,48);(H,6,7)/t29-;/m1./s1. The van der Waals surface area contributed by atoms with Crippen LogP contribution < -0.4 is 38.5 Å². The first-order valence-electron chi connectivity index (χ1n) is 17.5. The normalized spacial score (nSPS) is 11.7. The van der Waals surface area contributed by atoms with Gasteiger partial charge in [0, 0.05) is 19.6 Å². The Bertz CT molecular complexity index is 1690. The second-order valence-electron chi connectivity index (χ2n) is 11.8. The highest BCUT2D eigenvalue weighted by Crippen LogP contribution is 2.25. The van der Waals surface area contributed by atoms with Crippen molar-refractivity contribution in [3.63, 3.8) is 0 Å². The lowest BCUT2D eigenvalue weighted by Crippen LogP contribution is -2.48. The Kier molecular flexibility index (Phi) is 21.0. The maximum absolute atomic E-state index is 13.8. The third-order valence-corrected chi connectivity index (χ3v) is 7.42. The van der Waals surface area contributed by atoms with Gasteiger partial charge in [0.05, 0.1) is 38.9 Å². The predicted molar refractivity (Wildman–Crippen MR) is 205 cm³/mol. The number of carbonyl (C=O) groups excluding carboxylic acids is 3. The smallest absolute Gasteiger partial charge is 0.490 e. The molecular weight excluding hydrogens is 755 g/mol. The fraction of sp³-hybridized carbons (Fsp3) is 0.351. The summed E-state index contributed by atoms with van der Waals surface area (Å²) < 4.78 is 42.4. The number of halogens is 3. The van der Waals surface area contributed by atoms with Crippen molar-refractivity contribution in [2.45, 2.75) is 37.5 Å².